The Bertz CT molecular complexity index is 1300. The van der Waals surface area contributed by atoms with Gasteiger partial charge in [0, 0.05) is 25.6 Å². The fraction of sp³-hybridized carbons (Fsp3) is 0.533. The van der Waals surface area contributed by atoms with Crippen molar-refractivity contribution < 1.29 is 16.8 Å². The Morgan fingerprint density at radius 1 is 0.763 bits per heavy atom. The maximum atomic E-state index is 11.6. The summed E-state index contributed by atoms with van der Waals surface area (Å²) in [5, 5.41) is 0. The predicted molar refractivity (Wildman–Crippen MR) is 157 cm³/mol. The minimum Gasteiger partial charge on any atom is -0.303 e. The quantitative estimate of drug-likeness (QED) is 0.438. The summed E-state index contributed by atoms with van der Waals surface area (Å²) in [7, 11) is -6.21. The molecule has 0 aromatic heterocycles. The van der Waals surface area contributed by atoms with Gasteiger partial charge in [0.1, 0.15) is 0 Å². The third-order valence-electron chi connectivity index (χ3n) is 7.35. The smallest absolute Gasteiger partial charge is 0.175 e. The van der Waals surface area contributed by atoms with Crippen LogP contribution in [0.5, 0.6) is 0 Å². The average molecular weight is 561 g/mol. The van der Waals surface area contributed by atoms with E-state index in [1.807, 2.05) is 24.3 Å². The Balaban J connectivity index is 0.000000211. The Morgan fingerprint density at radius 3 is 1.89 bits per heavy atom. The zero-order chi connectivity index (χ0) is 27.8. The van der Waals surface area contributed by atoms with E-state index in [4.69, 9.17) is 0 Å². The van der Waals surface area contributed by atoms with Gasteiger partial charge in [0.25, 0.3) is 0 Å². The molecule has 38 heavy (non-hydrogen) atoms. The van der Waals surface area contributed by atoms with E-state index in [-0.39, 0.29) is 0 Å². The number of nitrogens with zero attached hydrogens (tertiary/aromatic N) is 2. The van der Waals surface area contributed by atoms with E-state index in [2.05, 4.69) is 35.8 Å². The molecule has 0 bridgehead atoms. The molecule has 2 heterocycles. The Labute approximate surface area is 230 Å². The summed E-state index contributed by atoms with van der Waals surface area (Å²) in [6.07, 6.45) is 10.4. The van der Waals surface area contributed by atoms with Crippen molar-refractivity contribution in [3.63, 3.8) is 0 Å². The zero-order valence-corrected chi connectivity index (χ0v) is 25.0. The molecule has 8 heteroatoms. The molecule has 1 saturated heterocycles. The van der Waals surface area contributed by atoms with Gasteiger partial charge in [-0.2, -0.15) is 0 Å². The molecular weight excluding hydrogens is 516 g/mol. The third-order valence-corrected chi connectivity index (χ3v) is 9.57. The lowest BCUT2D eigenvalue weighted by atomic mass is 9.89. The molecule has 4 rings (SSSR count). The maximum Gasteiger partial charge on any atom is 0.175 e. The Morgan fingerprint density at radius 2 is 1.34 bits per heavy atom. The molecule has 0 unspecified atom stereocenters. The molecule has 2 aromatic rings. The van der Waals surface area contributed by atoms with Gasteiger partial charge in [-0.1, -0.05) is 44.2 Å². The first-order valence-corrected chi connectivity index (χ1v) is 17.5. The second-order valence-electron chi connectivity index (χ2n) is 10.5. The van der Waals surface area contributed by atoms with E-state index < -0.39 is 19.7 Å². The molecule has 0 saturated carbocycles. The van der Waals surface area contributed by atoms with Gasteiger partial charge >= 0.3 is 0 Å². The Hall–Kier alpha value is -2.00. The van der Waals surface area contributed by atoms with Gasteiger partial charge < -0.3 is 4.90 Å². The van der Waals surface area contributed by atoms with Crippen LogP contribution in [0, 0.1) is 0 Å². The first kappa shape index (κ1) is 30.5. The van der Waals surface area contributed by atoms with Crippen molar-refractivity contribution in [3.05, 3.63) is 65.7 Å². The molecule has 2 aliphatic heterocycles. The Kier molecular flexibility index (Phi) is 11.2. The fourth-order valence-corrected chi connectivity index (χ4v) is 6.57. The number of hydrogen-bond donors (Lipinski definition) is 0. The lowest BCUT2D eigenvalue weighted by molar-refractivity contribution is 0.212. The highest BCUT2D eigenvalue weighted by molar-refractivity contribution is 7.91. The average Bonchev–Trinajstić information content (AvgIpc) is 2.90. The predicted octanol–water partition coefficient (Wildman–Crippen LogP) is 5.27. The van der Waals surface area contributed by atoms with E-state index in [0.29, 0.717) is 15.7 Å². The summed E-state index contributed by atoms with van der Waals surface area (Å²) in [5.74, 6) is 0.509. The first-order chi connectivity index (χ1) is 18.0. The van der Waals surface area contributed by atoms with E-state index in [1.54, 1.807) is 18.2 Å². The molecule has 1 fully saturated rings. The topological polar surface area (TPSA) is 74.8 Å². The molecule has 0 atom stereocenters. The molecule has 2 aromatic carbocycles. The number of hydrogen-bond acceptors (Lipinski definition) is 6. The van der Waals surface area contributed by atoms with Crippen LogP contribution in [-0.2, 0) is 19.7 Å². The van der Waals surface area contributed by atoms with E-state index in [0.717, 1.165) is 57.5 Å². The largest absolute Gasteiger partial charge is 0.303 e. The van der Waals surface area contributed by atoms with Gasteiger partial charge in [0.15, 0.2) is 19.7 Å². The van der Waals surface area contributed by atoms with Crippen LogP contribution in [-0.4, -0.2) is 78.4 Å². The first-order valence-electron chi connectivity index (χ1n) is 13.8. The number of likely N-dealkylation sites (tertiary alicyclic amines) is 1. The van der Waals surface area contributed by atoms with Crippen LogP contribution in [0.4, 0.5) is 0 Å². The molecule has 0 aliphatic carbocycles. The molecule has 0 amide bonds. The van der Waals surface area contributed by atoms with Crippen molar-refractivity contribution in [2.24, 2.45) is 0 Å². The standard InChI is InChI=1S/C15H23NO2S.C15H21NO2S/c2*1-3-9-16-10-7-13(8-11-16)14-5-4-6-15(12-14)19(2,17)18/h4-6,12-13H,3,7-11H2,1-2H3;4-7,12H,3,8-11H2,1-2H3. The third kappa shape index (κ3) is 9.04. The van der Waals surface area contributed by atoms with Crippen molar-refractivity contribution in [3.8, 4) is 0 Å². The van der Waals surface area contributed by atoms with Crippen molar-refractivity contribution >= 4 is 25.2 Å². The molecule has 2 aliphatic rings. The lowest BCUT2D eigenvalue weighted by Gasteiger charge is -2.32. The molecule has 0 radical (unpaired) electrons. The number of piperidine rings is 1. The summed E-state index contributed by atoms with van der Waals surface area (Å²) >= 11 is 0. The molecule has 0 spiro atoms. The second-order valence-corrected chi connectivity index (χ2v) is 14.6. The van der Waals surface area contributed by atoms with Gasteiger partial charge in [-0.3, -0.25) is 4.90 Å². The molecule has 0 N–H and O–H groups in total. The van der Waals surface area contributed by atoms with Crippen LogP contribution >= 0.6 is 0 Å². The highest BCUT2D eigenvalue weighted by Crippen LogP contribution is 2.29. The molecule has 210 valence electrons. The van der Waals surface area contributed by atoms with Gasteiger partial charge in [-0.25, -0.2) is 16.8 Å². The monoisotopic (exact) mass is 560 g/mol. The lowest BCUT2D eigenvalue weighted by Crippen LogP contribution is -2.33. The van der Waals surface area contributed by atoms with E-state index in [9.17, 15) is 16.8 Å². The fourth-order valence-electron chi connectivity index (χ4n) is 5.22. The number of sulfone groups is 2. The van der Waals surface area contributed by atoms with Crippen LogP contribution in [0.2, 0.25) is 0 Å². The van der Waals surface area contributed by atoms with Gasteiger partial charge in [-0.15, -0.1) is 0 Å². The van der Waals surface area contributed by atoms with Gasteiger partial charge in [-0.05, 0) is 105 Å². The van der Waals surface area contributed by atoms with E-state index in [1.165, 1.54) is 43.0 Å². The minimum atomic E-state index is -3.12. The summed E-state index contributed by atoms with van der Waals surface area (Å²) in [5.41, 5.74) is 3.48. The van der Waals surface area contributed by atoms with Crippen molar-refractivity contribution in [2.45, 2.75) is 61.7 Å². The SMILES string of the molecule is CCCN1CC=C(c2cccc(S(C)(=O)=O)c2)CC1.CCCN1CCC(c2cccc(S(C)(=O)=O)c2)CC1. The van der Waals surface area contributed by atoms with Crippen LogP contribution < -0.4 is 0 Å². The summed E-state index contributed by atoms with van der Waals surface area (Å²) < 4.78 is 46.3. The maximum absolute atomic E-state index is 11.6. The number of benzene rings is 2. The van der Waals surface area contributed by atoms with Crippen molar-refractivity contribution in [2.75, 3.05) is 51.8 Å². The normalized spacial score (nSPS) is 17.9. The van der Waals surface area contributed by atoms with Crippen LogP contribution in [0.25, 0.3) is 5.57 Å². The summed E-state index contributed by atoms with van der Waals surface area (Å²) in [6.45, 7) is 11.0. The van der Waals surface area contributed by atoms with E-state index >= 15 is 0 Å². The molecule has 6 nitrogen and oxygen atoms in total. The van der Waals surface area contributed by atoms with Gasteiger partial charge in [0.2, 0.25) is 0 Å². The summed E-state index contributed by atoms with van der Waals surface area (Å²) in [4.78, 5) is 5.77. The second kappa shape index (κ2) is 13.9. The van der Waals surface area contributed by atoms with Crippen LogP contribution in [0.1, 0.15) is 63.0 Å². The van der Waals surface area contributed by atoms with Crippen LogP contribution in [0.3, 0.4) is 0 Å². The highest BCUT2D eigenvalue weighted by Gasteiger charge is 2.21. The highest BCUT2D eigenvalue weighted by atomic mass is 32.2. The minimum absolute atomic E-state index is 0.405. The number of rotatable bonds is 8. The van der Waals surface area contributed by atoms with Gasteiger partial charge in [0.05, 0.1) is 9.79 Å². The van der Waals surface area contributed by atoms with Crippen LogP contribution in [0.15, 0.2) is 64.4 Å². The van der Waals surface area contributed by atoms with Crippen molar-refractivity contribution in [1.29, 1.82) is 0 Å². The zero-order valence-electron chi connectivity index (χ0n) is 23.4. The van der Waals surface area contributed by atoms with Crippen molar-refractivity contribution in [1.82, 2.24) is 9.80 Å². The summed E-state index contributed by atoms with van der Waals surface area (Å²) in [6, 6.07) is 14.7. The molecular formula is C30H44N2O4S2.